The predicted molar refractivity (Wildman–Crippen MR) is 105 cm³/mol. The van der Waals surface area contributed by atoms with Gasteiger partial charge in [-0.1, -0.05) is 23.4 Å². The molecule has 0 unspecified atom stereocenters. The van der Waals surface area contributed by atoms with E-state index in [2.05, 4.69) is 22.0 Å². The summed E-state index contributed by atoms with van der Waals surface area (Å²) in [5.41, 5.74) is 7.36. The zero-order valence-electron chi connectivity index (χ0n) is 15.2. The Morgan fingerprint density at radius 3 is 2.33 bits per heavy atom. The quantitative estimate of drug-likeness (QED) is 0.349. The third kappa shape index (κ3) is 4.29. The summed E-state index contributed by atoms with van der Waals surface area (Å²) in [4.78, 5) is 4.75. The number of nitrogens with two attached hydrogens (primary N) is 1. The Labute approximate surface area is 159 Å². The summed E-state index contributed by atoms with van der Waals surface area (Å²) in [5.74, 6) is 0. The lowest BCUT2D eigenvalue weighted by molar-refractivity contribution is 0.169. The van der Waals surface area contributed by atoms with Crippen LogP contribution in [0.4, 0.5) is 5.69 Å². The molecule has 0 amide bonds. The highest BCUT2D eigenvalue weighted by molar-refractivity contribution is 7.91. The van der Waals surface area contributed by atoms with E-state index in [0.717, 1.165) is 26.2 Å². The average molecular weight is 388 g/mol. The summed E-state index contributed by atoms with van der Waals surface area (Å²) in [7, 11) is -1.57. The van der Waals surface area contributed by atoms with Gasteiger partial charge in [-0.3, -0.25) is 4.90 Å². The highest BCUT2D eigenvalue weighted by Crippen LogP contribution is 2.25. The van der Waals surface area contributed by atoms with Crippen molar-refractivity contribution in [2.24, 2.45) is 5.16 Å². The van der Waals surface area contributed by atoms with E-state index in [9.17, 15) is 13.6 Å². The van der Waals surface area contributed by atoms with Gasteiger partial charge in [-0.2, -0.15) is 0 Å². The number of nitrogen functional groups attached to an aromatic ring is 1. The molecule has 0 saturated carbocycles. The number of likely N-dealkylation sites (N-methyl/N-ethyl adjacent to an activating group) is 1. The highest BCUT2D eigenvalue weighted by Gasteiger charge is 2.21. The number of hydrogen-bond donors (Lipinski definition) is 2. The number of anilines is 1. The molecular formula is C19H24N4O3S. The maximum atomic E-state index is 12.7. The van der Waals surface area contributed by atoms with Crippen molar-refractivity contribution in [3.63, 3.8) is 0 Å². The molecule has 1 aliphatic heterocycles. The molecule has 144 valence electrons. The molecule has 0 spiro atoms. The molecule has 0 bridgehead atoms. The van der Waals surface area contributed by atoms with Gasteiger partial charge in [-0.15, -0.1) is 0 Å². The van der Waals surface area contributed by atoms with Gasteiger partial charge in [0.05, 0.1) is 9.79 Å². The SMILES string of the molecule is CN1CCN(C/C(=N\O)c2ccc(S(=O)(=O)c3ccccc3)cc2N)CC1. The van der Waals surface area contributed by atoms with Crippen LogP contribution >= 0.6 is 0 Å². The molecule has 27 heavy (non-hydrogen) atoms. The largest absolute Gasteiger partial charge is 0.411 e. The summed E-state index contributed by atoms with van der Waals surface area (Å²) < 4.78 is 25.5. The molecule has 0 atom stereocenters. The summed E-state index contributed by atoms with van der Waals surface area (Å²) in [6.45, 7) is 4.09. The minimum Gasteiger partial charge on any atom is -0.411 e. The summed E-state index contributed by atoms with van der Waals surface area (Å²) in [6, 6.07) is 12.8. The number of sulfone groups is 1. The second-order valence-corrected chi connectivity index (χ2v) is 8.64. The average Bonchev–Trinajstić information content (AvgIpc) is 2.68. The van der Waals surface area contributed by atoms with Gasteiger partial charge in [-0.25, -0.2) is 8.42 Å². The van der Waals surface area contributed by atoms with Gasteiger partial charge in [0, 0.05) is 44.0 Å². The van der Waals surface area contributed by atoms with Gasteiger partial charge >= 0.3 is 0 Å². The van der Waals surface area contributed by atoms with Crippen LogP contribution in [0.1, 0.15) is 5.56 Å². The Morgan fingerprint density at radius 1 is 1.07 bits per heavy atom. The molecule has 0 radical (unpaired) electrons. The molecule has 1 saturated heterocycles. The zero-order chi connectivity index (χ0) is 19.4. The lowest BCUT2D eigenvalue weighted by Gasteiger charge is -2.32. The molecule has 2 aromatic rings. The third-order valence-electron chi connectivity index (χ3n) is 4.79. The van der Waals surface area contributed by atoms with E-state index >= 15 is 0 Å². The van der Waals surface area contributed by atoms with E-state index in [-0.39, 0.29) is 15.5 Å². The molecule has 7 nitrogen and oxygen atoms in total. The predicted octanol–water partition coefficient (Wildman–Crippen LogP) is 1.53. The maximum Gasteiger partial charge on any atom is 0.206 e. The van der Waals surface area contributed by atoms with Gasteiger partial charge < -0.3 is 15.8 Å². The van der Waals surface area contributed by atoms with Crippen LogP contribution in [0.25, 0.3) is 0 Å². The Morgan fingerprint density at radius 2 is 1.74 bits per heavy atom. The normalized spacial score (nSPS) is 17.1. The van der Waals surface area contributed by atoms with Gasteiger partial charge in [0.15, 0.2) is 0 Å². The van der Waals surface area contributed by atoms with Crippen LogP contribution in [0.5, 0.6) is 0 Å². The monoisotopic (exact) mass is 388 g/mol. The van der Waals surface area contributed by atoms with Crippen LogP contribution in [0, 0.1) is 0 Å². The number of benzene rings is 2. The molecule has 3 rings (SSSR count). The first kappa shape index (κ1) is 19.3. The topological polar surface area (TPSA) is 99.2 Å². The van der Waals surface area contributed by atoms with Crippen molar-refractivity contribution in [3.8, 4) is 0 Å². The molecule has 3 N–H and O–H groups in total. The number of nitrogens with zero attached hydrogens (tertiary/aromatic N) is 3. The van der Waals surface area contributed by atoms with E-state index in [4.69, 9.17) is 5.73 Å². The minimum absolute atomic E-state index is 0.117. The van der Waals surface area contributed by atoms with E-state index < -0.39 is 9.84 Å². The van der Waals surface area contributed by atoms with Gasteiger partial charge in [0.2, 0.25) is 9.84 Å². The molecular weight excluding hydrogens is 364 g/mol. The Bertz CT molecular complexity index is 921. The molecule has 1 aliphatic rings. The maximum absolute atomic E-state index is 12.7. The fraction of sp³-hybridized carbons (Fsp3) is 0.316. The molecule has 1 fully saturated rings. The fourth-order valence-electron chi connectivity index (χ4n) is 3.09. The van der Waals surface area contributed by atoms with E-state index in [1.807, 2.05) is 0 Å². The summed E-state index contributed by atoms with van der Waals surface area (Å²) >= 11 is 0. The van der Waals surface area contributed by atoms with Crippen molar-refractivity contribution in [2.45, 2.75) is 9.79 Å². The summed E-state index contributed by atoms with van der Waals surface area (Å²) in [5, 5.41) is 12.9. The van der Waals surface area contributed by atoms with Crippen molar-refractivity contribution in [1.29, 1.82) is 0 Å². The second kappa shape index (κ2) is 8.08. The Hall–Kier alpha value is -2.42. The number of rotatable bonds is 5. The first-order chi connectivity index (χ1) is 12.9. The Balaban J connectivity index is 1.83. The molecule has 8 heteroatoms. The van der Waals surface area contributed by atoms with Crippen molar-refractivity contribution in [1.82, 2.24) is 9.80 Å². The smallest absolute Gasteiger partial charge is 0.206 e. The first-order valence-corrected chi connectivity index (χ1v) is 10.2. The van der Waals surface area contributed by atoms with Crippen molar-refractivity contribution in [3.05, 3.63) is 54.1 Å². The minimum atomic E-state index is -3.64. The van der Waals surface area contributed by atoms with Gasteiger partial charge in [0.25, 0.3) is 0 Å². The molecule has 2 aromatic carbocycles. The molecule has 0 aromatic heterocycles. The standard InChI is InChI=1S/C19H24N4O3S/c1-22-9-11-23(12-10-22)14-19(21-24)17-8-7-16(13-18(17)20)27(25,26)15-5-3-2-4-6-15/h2-8,13,24H,9-12,14,20H2,1H3/b21-19+. The lowest BCUT2D eigenvalue weighted by atomic mass is 10.1. The summed E-state index contributed by atoms with van der Waals surface area (Å²) in [6.07, 6.45) is 0. The zero-order valence-corrected chi connectivity index (χ0v) is 16.1. The lowest BCUT2D eigenvalue weighted by Crippen LogP contribution is -2.46. The van der Waals surface area contributed by atoms with Crippen LogP contribution in [0.3, 0.4) is 0 Å². The highest BCUT2D eigenvalue weighted by atomic mass is 32.2. The van der Waals surface area contributed by atoms with Crippen LogP contribution in [-0.2, 0) is 9.84 Å². The van der Waals surface area contributed by atoms with Crippen molar-refractivity contribution >= 4 is 21.2 Å². The number of hydrogen-bond acceptors (Lipinski definition) is 7. The van der Waals surface area contributed by atoms with Crippen molar-refractivity contribution in [2.75, 3.05) is 45.5 Å². The second-order valence-electron chi connectivity index (χ2n) is 6.69. The van der Waals surface area contributed by atoms with Gasteiger partial charge in [-0.05, 0) is 37.4 Å². The molecule has 0 aliphatic carbocycles. The van der Waals surface area contributed by atoms with Crippen LogP contribution < -0.4 is 5.73 Å². The fourth-order valence-corrected chi connectivity index (χ4v) is 4.41. The number of oxime groups is 1. The van der Waals surface area contributed by atoms with Crippen molar-refractivity contribution < 1.29 is 13.6 Å². The van der Waals surface area contributed by atoms with E-state index in [1.54, 1.807) is 36.4 Å². The number of piperazine rings is 1. The third-order valence-corrected chi connectivity index (χ3v) is 6.56. The Kier molecular flexibility index (Phi) is 5.79. The first-order valence-electron chi connectivity index (χ1n) is 8.73. The van der Waals surface area contributed by atoms with E-state index in [1.165, 1.54) is 12.1 Å². The van der Waals surface area contributed by atoms with E-state index in [0.29, 0.717) is 17.8 Å². The van der Waals surface area contributed by atoms with Crippen LogP contribution in [0.2, 0.25) is 0 Å². The van der Waals surface area contributed by atoms with Gasteiger partial charge in [0.1, 0.15) is 5.71 Å². The van der Waals surface area contributed by atoms with Crippen LogP contribution in [0.15, 0.2) is 63.5 Å². The molecule has 1 heterocycles. The van der Waals surface area contributed by atoms with Crippen LogP contribution in [-0.4, -0.2) is 68.9 Å².